The Hall–Kier alpha value is -1.55. The Morgan fingerprint density at radius 3 is 2.73 bits per heavy atom. The van der Waals surface area contributed by atoms with E-state index in [1.807, 2.05) is 26.0 Å². The first kappa shape index (κ1) is 11.5. The number of carbonyl (C=O) groups excluding carboxylic acids is 1. The summed E-state index contributed by atoms with van der Waals surface area (Å²) in [5, 5.41) is 0. The second-order valence-corrected chi connectivity index (χ2v) is 3.58. The van der Waals surface area contributed by atoms with Crippen molar-refractivity contribution in [1.29, 1.82) is 0 Å². The third-order valence-electron chi connectivity index (χ3n) is 2.03. The predicted octanol–water partition coefficient (Wildman–Crippen LogP) is 0.879. The van der Waals surface area contributed by atoms with Gasteiger partial charge in [0.1, 0.15) is 5.75 Å². The van der Waals surface area contributed by atoms with Crippen molar-refractivity contribution >= 4 is 5.91 Å². The summed E-state index contributed by atoms with van der Waals surface area (Å²) in [6.45, 7) is 3.72. The highest BCUT2D eigenvalue weighted by molar-refractivity contribution is 5.75. The van der Waals surface area contributed by atoms with Gasteiger partial charge in [0, 0.05) is 11.6 Å². The Morgan fingerprint density at radius 2 is 2.20 bits per heavy atom. The van der Waals surface area contributed by atoms with Crippen molar-refractivity contribution in [2.45, 2.75) is 19.9 Å². The number of hydrogen-bond donors (Lipinski definition) is 2. The molecule has 4 nitrogen and oxygen atoms in total. The monoisotopic (exact) mass is 208 g/mol. The van der Waals surface area contributed by atoms with Crippen LogP contribution < -0.4 is 16.2 Å². The number of aryl methyl sites for hydroxylation is 1. The molecule has 0 heterocycles. The summed E-state index contributed by atoms with van der Waals surface area (Å²) < 4.78 is 5.26. The molecule has 1 aromatic carbocycles. The number of ether oxygens (including phenoxy) is 1. The molecule has 0 bridgehead atoms. The molecule has 1 amide bonds. The van der Waals surface area contributed by atoms with Gasteiger partial charge in [0.2, 0.25) is 0 Å². The lowest BCUT2D eigenvalue weighted by molar-refractivity contribution is -0.119. The Balaban J connectivity index is 2.90. The minimum absolute atomic E-state index is 0.122. The number of amides is 1. The molecule has 1 rings (SSSR count). The maximum absolute atomic E-state index is 10.6. The first-order valence-electron chi connectivity index (χ1n) is 4.78. The zero-order valence-corrected chi connectivity index (χ0v) is 8.99. The molecule has 0 aliphatic carbocycles. The molecule has 4 N–H and O–H groups in total. The molecule has 1 atom stereocenters. The fourth-order valence-electron chi connectivity index (χ4n) is 1.30. The number of rotatable bonds is 4. The molecule has 82 valence electrons. The van der Waals surface area contributed by atoms with Crippen LogP contribution >= 0.6 is 0 Å². The van der Waals surface area contributed by atoms with Crippen LogP contribution in [0.1, 0.15) is 24.1 Å². The van der Waals surface area contributed by atoms with Crippen molar-refractivity contribution in [2.75, 3.05) is 6.61 Å². The van der Waals surface area contributed by atoms with E-state index < -0.39 is 5.91 Å². The summed E-state index contributed by atoms with van der Waals surface area (Å²) in [6.07, 6.45) is 0. The van der Waals surface area contributed by atoms with Gasteiger partial charge < -0.3 is 16.2 Å². The molecule has 0 aliphatic rings. The summed E-state index contributed by atoms with van der Waals surface area (Å²) in [7, 11) is 0. The highest BCUT2D eigenvalue weighted by Crippen LogP contribution is 2.24. The van der Waals surface area contributed by atoms with Gasteiger partial charge in [0.25, 0.3) is 5.91 Å². The van der Waals surface area contributed by atoms with Crippen LogP contribution in [-0.4, -0.2) is 12.5 Å². The molecule has 4 heteroatoms. The van der Waals surface area contributed by atoms with Gasteiger partial charge in [0.15, 0.2) is 6.61 Å². The molecule has 0 aliphatic heterocycles. The van der Waals surface area contributed by atoms with Crippen molar-refractivity contribution < 1.29 is 9.53 Å². The van der Waals surface area contributed by atoms with Gasteiger partial charge in [-0.15, -0.1) is 0 Å². The maximum atomic E-state index is 10.6. The van der Waals surface area contributed by atoms with Crippen LogP contribution in [0.2, 0.25) is 0 Å². The Kier molecular flexibility index (Phi) is 3.68. The zero-order valence-electron chi connectivity index (χ0n) is 8.99. The van der Waals surface area contributed by atoms with E-state index >= 15 is 0 Å². The van der Waals surface area contributed by atoms with E-state index in [9.17, 15) is 4.79 Å². The van der Waals surface area contributed by atoms with Crippen LogP contribution in [0.25, 0.3) is 0 Å². The standard InChI is InChI=1S/C11H16N2O2/c1-7-3-4-10(15-6-11(13)14)9(5-7)8(2)12/h3-5,8H,6,12H2,1-2H3,(H2,13,14). The van der Waals surface area contributed by atoms with E-state index in [-0.39, 0.29) is 12.6 Å². The van der Waals surface area contributed by atoms with Crippen LogP contribution in [0.3, 0.4) is 0 Å². The lowest BCUT2D eigenvalue weighted by atomic mass is 10.1. The van der Waals surface area contributed by atoms with Crippen LogP contribution in [0.15, 0.2) is 18.2 Å². The van der Waals surface area contributed by atoms with E-state index in [1.165, 1.54) is 0 Å². The van der Waals surface area contributed by atoms with Crippen LogP contribution in [0.4, 0.5) is 0 Å². The molecule has 1 aromatic rings. The minimum Gasteiger partial charge on any atom is -0.483 e. The van der Waals surface area contributed by atoms with Gasteiger partial charge in [-0.25, -0.2) is 0 Å². The Labute approximate surface area is 89.2 Å². The molecule has 0 radical (unpaired) electrons. The van der Waals surface area contributed by atoms with E-state index in [2.05, 4.69) is 0 Å². The van der Waals surface area contributed by atoms with Crippen molar-refractivity contribution in [3.63, 3.8) is 0 Å². The lowest BCUT2D eigenvalue weighted by Gasteiger charge is -2.13. The number of primary amides is 1. The van der Waals surface area contributed by atoms with Crippen LogP contribution in [0.5, 0.6) is 5.75 Å². The molecule has 0 fully saturated rings. The summed E-state index contributed by atoms with van der Waals surface area (Å²) in [4.78, 5) is 10.6. The quantitative estimate of drug-likeness (QED) is 0.771. The second-order valence-electron chi connectivity index (χ2n) is 3.58. The fraction of sp³-hybridized carbons (Fsp3) is 0.364. The van der Waals surface area contributed by atoms with Crippen molar-refractivity contribution in [3.05, 3.63) is 29.3 Å². The summed E-state index contributed by atoms with van der Waals surface area (Å²) in [6, 6.07) is 5.52. The smallest absolute Gasteiger partial charge is 0.255 e. The lowest BCUT2D eigenvalue weighted by Crippen LogP contribution is -2.21. The molecule has 0 spiro atoms. The number of nitrogens with two attached hydrogens (primary N) is 2. The summed E-state index contributed by atoms with van der Waals surface area (Å²) in [5.74, 6) is 0.126. The molecule has 0 saturated carbocycles. The van der Waals surface area contributed by atoms with E-state index in [0.717, 1.165) is 11.1 Å². The normalized spacial score (nSPS) is 12.2. The highest BCUT2D eigenvalue weighted by atomic mass is 16.5. The highest BCUT2D eigenvalue weighted by Gasteiger charge is 2.09. The van der Waals surface area contributed by atoms with E-state index in [1.54, 1.807) is 6.07 Å². The predicted molar refractivity (Wildman–Crippen MR) is 58.5 cm³/mol. The van der Waals surface area contributed by atoms with Gasteiger partial charge in [-0.05, 0) is 19.9 Å². The summed E-state index contributed by atoms with van der Waals surface area (Å²) >= 11 is 0. The first-order valence-corrected chi connectivity index (χ1v) is 4.78. The van der Waals surface area contributed by atoms with E-state index in [0.29, 0.717) is 5.75 Å². The average Bonchev–Trinajstić information content (AvgIpc) is 2.15. The molecule has 0 aromatic heterocycles. The third-order valence-corrected chi connectivity index (χ3v) is 2.03. The Bertz CT molecular complexity index is 362. The largest absolute Gasteiger partial charge is 0.483 e. The molecular formula is C11H16N2O2. The first-order chi connectivity index (χ1) is 7.00. The van der Waals surface area contributed by atoms with Crippen LogP contribution in [0, 0.1) is 6.92 Å². The van der Waals surface area contributed by atoms with Crippen molar-refractivity contribution in [3.8, 4) is 5.75 Å². The van der Waals surface area contributed by atoms with Gasteiger partial charge in [-0.1, -0.05) is 17.7 Å². The third kappa shape index (κ3) is 3.25. The van der Waals surface area contributed by atoms with Crippen molar-refractivity contribution in [1.82, 2.24) is 0 Å². The number of hydrogen-bond acceptors (Lipinski definition) is 3. The summed E-state index contributed by atoms with van der Waals surface area (Å²) in [5.41, 5.74) is 12.8. The second kappa shape index (κ2) is 4.79. The zero-order chi connectivity index (χ0) is 11.4. The minimum atomic E-state index is -0.494. The maximum Gasteiger partial charge on any atom is 0.255 e. The van der Waals surface area contributed by atoms with Crippen molar-refractivity contribution in [2.24, 2.45) is 11.5 Å². The average molecular weight is 208 g/mol. The molecular weight excluding hydrogens is 192 g/mol. The topological polar surface area (TPSA) is 78.3 Å². The van der Waals surface area contributed by atoms with E-state index in [4.69, 9.17) is 16.2 Å². The van der Waals surface area contributed by atoms with Gasteiger partial charge >= 0.3 is 0 Å². The fourth-order valence-corrected chi connectivity index (χ4v) is 1.30. The van der Waals surface area contributed by atoms with Crippen LogP contribution in [-0.2, 0) is 4.79 Å². The SMILES string of the molecule is Cc1ccc(OCC(N)=O)c(C(C)N)c1. The number of benzene rings is 1. The molecule has 15 heavy (non-hydrogen) atoms. The van der Waals surface area contributed by atoms with Gasteiger partial charge in [-0.3, -0.25) is 4.79 Å². The molecule has 1 unspecified atom stereocenters. The van der Waals surface area contributed by atoms with Gasteiger partial charge in [0.05, 0.1) is 0 Å². The van der Waals surface area contributed by atoms with Gasteiger partial charge in [-0.2, -0.15) is 0 Å². The number of carbonyl (C=O) groups is 1. The Morgan fingerprint density at radius 1 is 1.53 bits per heavy atom. The molecule has 0 saturated heterocycles.